The van der Waals surface area contributed by atoms with Gasteiger partial charge in [-0.25, -0.2) is 14.6 Å². The van der Waals surface area contributed by atoms with Crippen molar-refractivity contribution in [2.75, 3.05) is 7.11 Å². The lowest BCUT2D eigenvalue weighted by Crippen LogP contribution is -2.40. The number of hydrogen-bond acceptors (Lipinski definition) is 5. The summed E-state index contributed by atoms with van der Waals surface area (Å²) in [6.45, 7) is 0.226. The number of amides is 2. The van der Waals surface area contributed by atoms with Crippen molar-refractivity contribution in [2.45, 2.75) is 38.0 Å². The molecule has 0 bridgehead atoms. The lowest BCUT2D eigenvalue weighted by atomic mass is 10.2. The van der Waals surface area contributed by atoms with Crippen LogP contribution in [0.5, 0.6) is 0 Å². The summed E-state index contributed by atoms with van der Waals surface area (Å²) in [5.74, 6) is -1.06. The highest BCUT2D eigenvalue weighted by atomic mass is 32.1. The van der Waals surface area contributed by atoms with Crippen molar-refractivity contribution < 1.29 is 19.4 Å². The lowest BCUT2D eigenvalue weighted by molar-refractivity contribution is 0.0691. The van der Waals surface area contributed by atoms with Gasteiger partial charge < -0.3 is 20.5 Å². The van der Waals surface area contributed by atoms with Crippen LogP contribution in [0.4, 0.5) is 4.79 Å². The first-order valence-corrected chi connectivity index (χ1v) is 7.21. The minimum absolute atomic E-state index is 0.00550. The van der Waals surface area contributed by atoms with Gasteiger partial charge in [0.2, 0.25) is 0 Å². The summed E-state index contributed by atoms with van der Waals surface area (Å²) in [5.41, 5.74) is 0.00550. The Hall–Kier alpha value is -1.67. The molecule has 7 nitrogen and oxygen atoms in total. The van der Waals surface area contributed by atoms with Crippen LogP contribution in [-0.2, 0) is 11.3 Å². The fourth-order valence-corrected chi connectivity index (χ4v) is 2.88. The Labute approximate surface area is 120 Å². The maximum Gasteiger partial charge on any atom is 0.355 e. The van der Waals surface area contributed by atoms with Gasteiger partial charge in [-0.1, -0.05) is 0 Å². The maximum atomic E-state index is 11.7. The van der Waals surface area contributed by atoms with Gasteiger partial charge in [-0.3, -0.25) is 0 Å². The number of aromatic nitrogens is 1. The highest BCUT2D eigenvalue weighted by Gasteiger charge is 2.25. The average Bonchev–Trinajstić information content (AvgIpc) is 3.05. The number of nitrogens with zero attached hydrogens (tertiary/aromatic N) is 1. The van der Waals surface area contributed by atoms with Crippen LogP contribution in [0.15, 0.2) is 5.38 Å². The number of urea groups is 1. The van der Waals surface area contributed by atoms with Gasteiger partial charge >= 0.3 is 12.0 Å². The van der Waals surface area contributed by atoms with Gasteiger partial charge in [0, 0.05) is 18.5 Å². The zero-order chi connectivity index (χ0) is 14.5. The Bertz CT molecular complexity index is 491. The largest absolute Gasteiger partial charge is 0.476 e. The number of rotatable bonds is 5. The molecule has 0 saturated heterocycles. The molecule has 2 rings (SSSR count). The zero-order valence-corrected chi connectivity index (χ0v) is 11.9. The number of carboxylic acid groups (broad SMARTS) is 1. The summed E-state index contributed by atoms with van der Waals surface area (Å²) in [6.07, 6.45) is 2.91. The van der Waals surface area contributed by atoms with E-state index < -0.39 is 5.97 Å². The molecule has 8 heteroatoms. The van der Waals surface area contributed by atoms with E-state index in [0.29, 0.717) is 5.01 Å². The van der Waals surface area contributed by atoms with E-state index >= 15 is 0 Å². The van der Waals surface area contributed by atoms with Gasteiger partial charge in [0.15, 0.2) is 5.69 Å². The van der Waals surface area contributed by atoms with Gasteiger partial charge in [0.1, 0.15) is 5.01 Å². The molecule has 1 aromatic heterocycles. The van der Waals surface area contributed by atoms with Crippen molar-refractivity contribution in [3.8, 4) is 0 Å². The lowest BCUT2D eigenvalue weighted by Gasteiger charge is -2.13. The molecule has 0 radical (unpaired) electrons. The first-order valence-electron chi connectivity index (χ1n) is 6.33. The fourth-order valence-electron chi connectivity index (χ4n) is 2.17. The van der Waals surface area contributed by atoms with Crippen LogP contribution in [0.1, 0.15) is 34.8 Å². The Balaban J connectivity index is 1.73. The Morgan fingerprint density at radius 2 is 2.35 bits per heavy atom. The summed E-state index contributed by atoms with van der Waals surface area (Å²) >= 11 is 1.21. The molecule has 1 heterocycles. The molecule has 1 saturated carbocycles. The van der Waals surface area contributed by atoms with Crippen LogP contribution in [0.2, 0.25) is 0 Å². The van der Waals surface area contributed by atoms with E-state index in [1.54, 1.807) is 7.11 Å². The fraction of sp³-hybridized carbons (Fsp3) is 0.583. The van der Waals surface area contributed by atoms with Gasteiger partial charge in [-0.15, -0.1) is 11.3 Å². The number of ether oxygens (including phenoxy) is 1. The molecule has 1 aromatic rings. The average molecular weight is 299 g/mol. The highest BCUT2D eigenvalue weighted by Crippen LogP contribution is 2.21. The van der Waals surface area contributed by atoms with Crippen LogP contribution in [0.25, 0.3) is 0 Å². The second-order valence-electron chi connectivity index (χ2n) is 4.63. The van der Waals surface area contributed by atoms with E-state index in [2.05, 4.69) is 15.6 Å². The summed E-state index contributed by atoms with van der Waals surface area (Å²) in [7, 11) is 1.68. The quantitative estimate of drug-likeness (QED) is 0.758. The monoisotopic (exact) mass is 299 g/mol. The Morgan fingerprint density at radius 3 is 2.95 bits per heavy atom. The van der Waals surface area contributed by atoms with Gasteiger partial charge in [-0.05, 0) is 19.3 Å². The number of aromatic carboxylic acids is 1. The van der Waals surface area contributed by atoms with Crippen molar-refractivity contribution in [1.82, 2.24) is 15.6 Å². The maximum absolute atomic E-state index is 11.7. The van der Waals surface area contributed by atoms with Crippen molar-refractivity contribution in [3.63, 3.8) is 0 Å². The molecular formula is C12H17N3O4S. The van der Waals surface area contributed by atoms with Gasteiger partial charge in [0.25, 0.3) is 0 Å². The van der Waals surface area contributed by atoms with Gasteiger partial charge in [0.05, 0.1) is 12.6 Å². The molecule has 2 atom stereocenters. The molecule has 110 valence electrons. The zero-order valence-electron chi connectivity index (χ0n) is 11.1. The van der Waals surface area contributed by atoms with E-state index in [9.17, 15) is 9.59 Å². The van der Waals surface area contributed by atoms with E-state index in [1.165, 1.54) is 16.7 Å². The molecule has 2 amide bonds. The van der Waals surface area contributed by atoms with Crippen LogP contribution in [-0.4, -0.2) is 41.3 Å². The van der Waals surface area contributed by atoms with Gasteiger partial charge in [-0.2, -0.15) is 0 Å². The second-order valence-corrected chi connectivity index (χ2v) is 5.57. The summed E-state index contributed by atoms with van der Waals surface area (Å²) in [6, 6.07) is -0.135. The number of carboxylic acids is 1. The molecule has 0 spiro atoms. The molecule has 0 aliphatic heterocycles. The summed E-state index contributed by atoms with van der Waals surface area (Å²) < 4.78 is 5.24. The van der Waals surface area contributed by atoms with Crippen molar-refractivity contribution in [2.24, 2.45) is 0 Å². The third-order valence-corrected chi connectivity index (χ3v) is 4.07. The van der Waals surface area contributed by atoms with Crippen LogP contribution < -0.4 is 10.6 Å². The SMILES string of the molecule is COC1CCC(NC(=O)NCc2nc(C(=O)O)cs2)C1. The Morgan fingerprint density at radius 1 is 1.55 bits per heavy atom. The highest BCUT2D eigenvalue weighted by molar-refractivity contribution is 7.09. The van der Waals surface area contributed by atoms with Crippen molar-refractivity contribution in [1.29, 1.82) is 0 Å². The molecule has 2 unspecified atom stereocenters. The van der Waals surface area contributed by atoms with Crippen LogP contribution >= 0.6 is 11.3 Å². The van der Waals surface area contributed by atoms with Crippen molar-refractivity contribution >= 4 is 23.3 Å². The van der Waals surface area contributed by atoms with Crippen molar-refractivity contribution in [3.05, 3.63) is 16.1 Å². The molecular weight excluding hydrogens is 282 g/mol. The van der Waals surface area contributed by atoms with Crippen LogP contribution in [0, 0.1) is 0 Å². The van der Waals surface area contributed by atoms with E-state index in [0.717, 1.165) is 19.3 Å². The normalized spacial score (nSPS) is 21.6. The topological polar surface area (TPSA) is 101 Å². The number of hydrogen-bond donors (Lipinski definition) is 3. The number of carbonyl (C=O) groups excluding carboxylic acids is 1. The van der Waals surface area contributed by atoms with E-state index in [-0.39, 0.29) is 30.4 Å². The number of methoxy groups -OCH3 is 1. The first kappa shape index (κ1) is 14.7. The van der Waals surface area contributed by atoms with E-state index in [4.69, 9.17) is 9.84 Å². The number of carbonyl (C=O) groups is 2. The molecule has 20 heavy (non-hydrogen) atoms. The molecule has 3 N–H and O–H groups in total. The first-order chi connectivity index (χ1) is 9.58. The molecule has 1 aliphatic carbocycles. The smallest absolute Gasteiger partial charge is 0.355 e. The standard InChI is InChI=1S/C12H17N3O4S/c1-19-8-3-2-7(4-8)14-12(18)13-5-10-15-9(6-20-10)11(16)17/h6-8H,2-5H2,1H3,(H,16,17)(H2,13,14,18). The van der Waals surface area contributed by atoms with Crippen LogP contribution in [0.3, 0.4) is 0 Å². The molecule has 1 aliphatic rings. The predicted octanol–water partition coefficient (Wildman–Crippen LogP) is 1.21. The Kier molecular flexibility index (Phi) is 4.91. The summed E-state index contributed by atoms with van der Waals surface area (Å²) in [4.78, 5) is 26.3. The van der Waals surface area contributed by atoms with E-state index in [1.807, 2.05) is 0 Å². The third-order valence-electron chi connectivity index (χ3n) is 3.22. The minimum atomic E-state index is -1.06. The number of nitrogens with one attached hydrogen (secondary N) is 2. The second kappa shape index (κ2) is 6.67. The third kappa shape index (κ3) is 3.91. The molecule has 0 aromatic carbocycles. The number of thiazole rings is 1. The summed E-state index contributed by atoms with van der Waals surface area (Å²) in [5, 5.41) is 16.3. The predicted molar refractivity (Wildman–Crippen MR) is 72.9 cm³/mol. The minimum Gasteiger partial charge on any atom is -0.476 e. The molecule has 1 fully saturated rings.